The van der Waals surface area contributed by atoms with Crippen LogP contribution in [0.25, 0.3) is 0 Å². The van der Waals surface area contributed by atoms with Crippen molar-refractivity contribution in [3.63, 3.8) is 0 Å². The summed E-state index contributed by atoms with van der Waals surface area (Å²) < 4.78 is 6.20. The zero-order valence-electron chi connectivity index (χ0n) is 12.4. The number of amides is 2. The second-order valence-corrected chi connectivity index (χ2v) is 5.76. The molecule has 0 unspecified atom stereocenters. The van der Waals surface area contributed by atoms with Crippen LogP contribution in [0.5, 0.6) is 5.75 Å². The lowest BCUT2D eigenvalue weighted by molar-refractivity contribution is 0.240. The van der Waals surface area contributed by atoms with Gasteiger partial charge in [0.25, 0.3) is 0 Å². The fourth-order valence-electron chi connectivity index (χ4n) is 2.04. The quantitative estimate of drug-likeness (QED) is 0.826. The van der Waals surface area contributed by atoms with Gasteiger partial charge in [-0.1, -0.05) is 40.2 Å². The van der Waals surface area contributed by atoms with Crippen LogP contribution in [-0.4, -0.2) is 19.7 Å². The number of ether oxygens (including phenoxy) is 1. The van der Waals surface area contributed by atoms with Crippen LogP contribution in [0.15, 0.2) is 53.0 Å². The third-order valence-electron chi connectivity index (χ3n) is 3.18. The van der Waals surface area contributed by atoms with Crippen LogP contribution in [0.3, 0.4) is 0 Å². The molecule has 0 radical (unpaired) electrons. The molecule has 0 saturated carbocycles. The van der Waals surface area contributed by atoms with Crippen molar-refractivity contribution >= 4 is 22.0 Å². The van der Waals surface area contributed by atoms with E-state index in [0.717, 1.165) is 22.2 Å². The highest BCUT2D eigenvalue weighted by molar-refractivity contribution is 9.10. The Kier molecular flexibility index (Phi) is 6.27. The molecule has 0 aliphatic carbocycles. The highest BCUT2D eigenvalue weighted by atomic mass is 79.9. The summed E-state index contributed by atoms with van der Waals surface area (Å²) in [6, 6.07) is 15.5. The number of urea groups is 1. The molecule has 4 nitrogen and oxygen atoms in total. The van der Waals surface area contributed by atoms with Gasteiger partial charge in [-0.15, -0.1) is 0 Å². The number of halogens is 1. The molecular formula is C17H19BrN2O2. The number of rotatable bonds is 6. The minimum atomic E-state index is -0.169. The zero-order chi connectivity index (χ0) is 15.8. The van der Waals surface area contributed by atoms with Crippen LogP contribution >= 0.6 is 15.9 Å². The van der Waals surface area contributed by atoms with Gasteiger partial charge in [0.15, 0.2) is 0 Å². The predicted octanol–water partition coefficient (Wildman–Crippen LogP) is 3.50. The van der Waals surface area contributed by atoms with Crippen molar-refractivity contribution in [2.24, 2.45) is 0 Å². The molecule has 0 aliphatic heterocycles. The van der Waals surface area contributed by atoms with Crippen LogP contribution in [0.1, 0.15) is 11.1 Å². The Morgan fingerprint density at radius 3 is 2.64 bits per heavy atom. The van der Waals surface area contributed by atoms with Gasteiger partial charge in [0.05, 0.1) is 7.11 Å². The molecule has 2 amide bonds. The van der Waals surface area contributed by atoms with E-state index in [4.69, 9.17) is 4.74 Å². The maximum absolute atomic E-state index is 11.8. The summed E-state index contributed by atoms with van der Waals surface area (Å²) in [5.74, 6) is 0.786. The number of carbonyl (C=O) groups is 1. The van der Waals surface area contributed by atoms with Gasteiger partial charge in [-0.25, -0.2) is 4.79 Å². The second kappa shape index (κ2) is 8.44. The highest BCUT2D eigenvalue weighted by Crippen LogP contribution is 2.12. The molecule has 0 aliphatic rings. The molecule has 2 aromatic carbocycles. The van der Waals surface area contributed by atoms with Gasteiger partial charge in [0.2, 0.25) is 0 Å². The van der Waals surface area contributed by atoms with Crippen molar-refractivity contribution in [2.75, 3.05) is 13.7 Å². The van der Waals surface area contributed by atoms with Gasteiger partial charge in [-0.3, -0.25) is 0 Å². The van der Waals surface area contributed by atoms with Gasteiger partial charge < -0.3 is 15.4 Å². The molecule has 0 heterocycles. The molecule has 0 aromatic heterocycles. The number of benzene rings is 2. The number of hydrogen-bond donors (Lipinski definition) is 2. The van der Waals surface area contributed by atoms with Crippen molar-refractivity contribution in [3.8, 4) is 5.75 Å². The fraction of sp³-hybridized carbons (Fsp3) is 0.235. The molecule has 0 bridgehead atoms. The molecule has 22 heavy (non-hydrogen) atoms. The molecule has 2 N–H and O–H groups in total. The van der Waals surface area contributed by atoms with Crippen molar-refractivity contribution in [1.82, 2.24) is 10.6 Å². The number of methoxy groups -OCH3 is 1. The third-order valence-corrected chi connectivity index (χ3v) is 3.67. The van der Waals surface area contributed by atoms with Crippen molar-refractivity contribution < 1.29 is 9.53 Å². The number of carbonyl (C=O) groups excluding carboxylic acids is 1. The Labute approximate surface area is 139 Å². The van der Waals surface area contributed by atoms with Gasteiger partial charge in [-0.2, -0.15) is 0 Å². The average molecular weight is 363 g/mol. The monoisotopic (exact) mass is 362 g/mol. The van der Waals surface area contributed by atoms with Crippen LogP contribution in [-0.2, 0) is 13.0 Å². The Hall–Kier alpha value is -2.01. The van der Waals surface area contributed by atoms with E-state index in [1.165, 1.54) is 5.56 Å². The van der Waals surface area contributed by atoms with Gasteiger partial charge in [-0.05, 0) is 41.8 Å². The van der Waals surface area contributed by atoms with Crippen molar-refractivity contribution in [3.05, 3.63) is 64.1 Å². The van der Waals surface area contributed by atoms with Crippen molar-refractivity contribution in [2.45, 2.75) is 13.0 Å². The predicted molar refractivity (Wildman–Crippen MR) is 91.1 cm³/mol. The molecule has 116 valence electrons. The van der Waals surface area contributed by atoms with Crippen LogP contribution in [0.4, 0.5) is 4.79 Å². The Morgan fingerprint density at radius 2 is 1.86 bits per heavy atom. The van der Waals surface area contributed by atoms with E-state index in [1.54, 1.807) is 7.11 Å². The van der Waals surface area contributed by atoms with Crippen molar-refractivity contribution in [1.29, 1.82) is 0 Å². The smallest absolute Gasteiger partial charge is 0.315 e. The van der Waals surface area contributed by atoms with E-state index >= 15 is 0 Å². The first-order valence-electron chi connectivity index (χ1n) is 7.06. The normalized spacial score (nSPS) is 10.1. The standard InChI is InChI=1S/C17H19BrN2O2/c1-22-16-7-3-5-14(11-16)12-20-17(21)19-9-8-13-4-2-6-15(18)10-13/h2-7,10-11H,8-9,12H2,1H3,(H2,19,20,21). The summed E-state index contributed by atoms with van der Waals surface area (Å²) in [5.41, 5.74) is 2.18. The molecule has 0 atom stereocenters. The summed E-state index contributed by atoms with van der Waals surface area (Å²) in [5, 5.41) is 5.69. The zero-order valence-corrected chi connectivity index (χ0v) is 14.0. The minimum Gasteiger partial charge on any atom is -0.497 e. The first-order valence-corrected chi connectivity index (χ1v) is 7.86. The van der Waals surface area contributed by atoms with E-state index in [9.17, 15) is 4.79 Å². The molecule has 0 saturated heterocycles. The lowest BCUT2D eigenvalue weighted by Gasteiger charge is -2.09. The topological polar surface area (TPSA) is 50.4 Å². The molecular weight excluding hydrogens is 344 g/mol. The largest absolute Gasteiger partial charge is 0.497 e. The van der Waals surface area contributed by atoms with Gasteiger partial charge in [0.1, 0.15) is 5.75 Å². The second-order valence-electron chi connectivity index (χ2n) is 4.84. The summed E-state index contributed by atoms with van der Waals surface area (Å²) >= 11 is 3.44. The number of hydrogen-bond acceptors (Lipinski definition) is 2. The minimum absolute atomic E-state index is 0.169. The molecule has 2 rings (SSSR count). The SMILES string of the molecule is COc1cccc(CNC(=O)NCCc2cccc(Br)c2)c1. The van der Waals surface area contributed by atoms with E-state index in [-0.39, 0.29) is 6.03 Å². The summed E-state index contributed by atoms with van der Waals surface area (Å²) in [4.78, 5) is 11.8. The van der Waals surface area contributed by atoms with E-state index in [2.05, 4.69) is 32.6 Å². The lowest BCUT2D eigenvalue weighted by atomic mass is 10.1. The average Bonchev–Trinajstić information content (AvgIpc) is 2.53. The first-order chi connectivity index (χ1) is 10.7. The maximum Gasteiger partial charge on any atom is 0.315 e. The van der Waals surface area contributed by atoms with Gasteiger partial charge in [0, 0.05) is 17.6 Å². The van der Waals surface area contributed by atoms with E-state index < -0.39 is 0 Å². The molecule has 2 aromatic rings. The van der Waals surface area contributed by atoms with E-state index in [1.807, 2.05) is 42.5 Å². The van der Waals surface area contributed by atoms with Crippen LogP contribution < -0.4 is 15.4 Å². The summed E-state index contributed by atoms with van der Waals surface area (Å²) in [7, 11) is 1.63. The summed E-state index contributed by atoms with van der Waals surface area (Å²) in [6.07, 6.45) is 0.798. The number of nitrogens with one attached hydrogen (secondary N) is 2. The molecule has 0 fully saturated rings. The Morgan fingerprint density at radius 1 is 1.09 bits per heavy atom. The molecule has 5 heteroatoms. The van der Waals surface area contributed by atoms with Gasteiger partial charge >= 0.3 is 6.03 Å². The molecule has 0 spiro atoms. The maximum atomic E-state index is 11.8. The fourth-order valence-corrected chi connectivity index (χ4v) is 2.49. The summed E-state index contributed by atoms with van der Waals surface area (Å²) in [6.45, 7) is 1.07. The van der Waals surface area contributed by atoms with E-state index in [0.29, 0.717) is 13.1 Å². The van der Waals surface area contributed by atoms with Crippen LogP contribution in [0, 0.1) is 0 Å². The van der Waals surface area contributed by atoms with Crippen LogP contribution in [0.2, 0.25) is 0 Å². The Bertz CT molecular complexity index is 632. The first kappa shape index (κ1) is 16.4. The Balaban J connectivity index is 1.71. The third kappa shape index (κ3) is 5.41. The highest BCUT2D eigenvalue weighted by Gasteiger charge is 2.01. The lowest BCUT2D eigenvalue weighted by Crippen LogP contribution is -2.36.